The smallest absolute Gasteiger partial charge is 0.243 e. The van der Waals surface area contributed by atoms with Gasteiger partial charge in [-0.05, 0) is 44.0 Å². The van der Waals surface area contributed by atoms with Gasteiger partial charge < -0.3 is 0 Å². The number of carbonyl (C=O) groups is 1. The van der Waals surface area contributed by atoms with Crippen LogP contribution in [-0.2, 0) is 14.8 Å². The van der Waals surface area contributed by atoms with Gasteiger partial charge in [0.2, 0.25) is 15.9 Å². The summed E-state index contributed by atoms with van der Waals surface area (Å²) in [4.78, 5) is 16.6. The molecule has 1 amide bonds. The van der Waals surface area contributed by atoms with Gasteiger partial charge in [-0.3, -0.25) is 9.78 Å². The third-order valence-corrected chi connectivity index (χ3v) is 6.46. The second kappa shape index (κ2) is 8.41. The molecule has 0 spiro atoms. The predicted octanol–water partition coefficient (Wildman–Crippen LogP) is 1.94. The minimum absolute atomic E-state index is 0.199. The first-order valence-corrected chi connectivity index (χ1v) is 10.2. The zero-order valence-corrected chi connectivity index (χ0v) is 15.9. The number of nitrogens with zero attached hydrogens (tertiary/aromatic N) is 3. The standard InChI is InChI=1S/C19H22N4O3S/c1-15-5-7-18(8-6-15)27(25,26)23-12-9-16(10-13-23)19(24)22-21-14-17-4-2-3-11-20-17/h2-8,11,14,16H,9-10,12-13H2,1H3,(H,22,24). The number of sulfonamides is 1. The van der Waals surface area contributed by atoms with Crippen molar-refractivity contribution in [3.8, 4) is 0 Å². The Kier molecular flexibility index (Phi) is 5.98. The molecule has 0 radical (unpaired) electrons. The van der Waals surface area contributed by atoms with E-state index < -0.39 is 10.0 Å². The van der Waals surface area contributed by atoms with Crippen LogP contribution < -0.4 is 5.43 Å². The molecule has 0 unspecified atom stereocenters. The Morgan fingerprint density at radius 2 is 1.89 bits per heavy atom. The number of amides is 1. The van der Waals surface area contributed by atoms with Gasteiger partial charge in [-0.2, -0.15) is 9.41 Å². The highest BCUT2D eigenvalue weighted by atomic mass is 32.2. The molecule has 142 valence electrons. The number of aryl methyl sites for hydroxylation is 1. The summed E-state index contributed by atoms with van der Waals surface area (Å²) in [5.74, 6) is -0.454. The Labute approximate surface area is 159 Å². The monoisotopic (exact) mass is 386 g/mol. The van der Waals surface area contributed by atoms with Crippen LogP contribution >= 0.6 is 0 Å². The Hall–Kier alpha value is -2.58. The molecule has 1 aliphatic rings. The molecular weight excluding hydrogens is 364 g/mol. The van der Waals surface area contributed by atoms with Crippen LogP contribution in [0.25, 0.3) is 0 Å². The van der Waals surface area contributed by atoms with Crippen LogP contribution in [0.5, 0.6) is 0 Å². The van der Waals surface area contributed by atoms with Gasteiger partial charge in [0.05, 0.1) is 16.8 Å². The maximum atomic E-state index is 12.7. The minimum atomic E-state index is -3.52. The summed E-state index contributed by atoms with van der Waals surface area (Å²) in [6.45, 7) is 2.55. The maximum Gasteiger partial charge on any atom is 0.243 e. The third kappa shape index (κ3) is 4.78. The lowest BCUT2D eigenvalue weighted by Crippen LogP contribution is -2.42. The van der Waals surface area contributed by atoms with Crippen molar-refractivity contribution in [1.29, 1.82) is 0 Å². The molecule has 1 saturated heterocycles. The Balaban J connectivity index is 1.54. The van der Waals surface area contributed by atoms with E-state index in [1.54, 1.807) is 42.6 Å². The number of piperidine rings is 1. The molecule has 7 nitrogen and oxygen atoms in total. The zero-order chi connectivity index (χ0) is 19.3. The Morgan fingerprint density at radius 1 is 1.19 bits per heavy atom. The van der Waals surface area contributed by atoms with E-state index in [9.17, 15) is 13.2 Å². The van der Waals surface area contributed by atoms with Crippen LogP contribution in [0.4, 0.5) is 0 Å². The number of nitrogens with one attached hydrogen (secondary N) is 1. The van der Waals surface area contributed by atoms with Gasteiger partial charge >= 0.3 is 0 Å². The van der Waals surface area contributed by atoms with Gasteiger partial charge in [-0.25, -0.2) is 13.8 Å². The van der Waals surface area contributed by atoms with Gasteiger partial charge in [0.25, 0.3) is 0 Å². The van der Waals surface area contributed by atoms with E-state index in [0.717, 1.165) is 5.56 Å². The summed E-state index contributed by atoms with van der Waals surface area (Å²) in [5, 5.41) is 3.92. The fourth-order valence-electron chi connectivity index (χ4n) is 2.92. The molecule has 0 aliphatic carbocycles. The van der Waals surface area contributed by atoms with E-state index in [4.69, 9.17) is 0 Å². The molecule has 3 rings (SSSR count). The van der Waals surface area contributed by atoms with Gasteiger partial charge in [0, 0.05) is 25.2 Å². The first-order chi connectivity index (χ1) is 13.0. The molecule has 0 saturated carbocycles. The first kappa shape index (κ1) is 19.2. The largest absolute Gasteiger partial charge is 0.273 e. The Bertz CT molecular complexity index is 904. The van der Waals surface area contributed by atoms with Crippen molar-refractivity contribution in [1.82, 2.24) is 14.7 Å². The summed E-state index contributed by atoms with van der Waals surface area (Å²) >= 11 is 0. The fraction of sp³-hybridized carbons (Fsp3) is 0.316. The number of pyridine rings is 1. The number of hydrogen-bond donors (Lipinski definition) is 1. The normalized spacial score (nSPS) is 16.5. The third-order valence-electron chi connectivity index (χ3n) is 4.54. The van der Waals surface area contributed by atoms with Gasteiger partial charge in [0.1, 0.15) is 0 Å². The topological polar surface area (TPSA) is 91.7 Å². The summed E-state index contributed by atoms with van der Waals surface area (Å²) in [7, 11) is -3.52. The first-order valence-electron chi connectivity index (χ1n) is 8.77. The lowest BCUT2D eigenvalue weighted by Gasteiger charge is -2.30. The number of aromatic nitrogens is 1. The summed E-state index contributed by atoms with van der Waals surface area (Å²) in [6.07, 6.45) is 4.06. The molecule has 2 aromatic rings. The molecule has 27 heavy (non-hydrogen) atoms. The number of rotatable bonds is 5. The van der Waals surface area contributed by atoms with Gasteiger partial charge in [0.15, 0.2) is 0 Å². The number of benzene rings is 1. The molecule has 1 N–H and O–H groups in total. The predicted molar refractivity (Wildman–Crippen MR) is 103 cm³/mol. The highest BCUT2D eigenvalue weighted by molar-refractivity contribution is 7.89. The average molecular weight is 386 g/mol. The van der Waals surface area contributed by atoms with E-state index in [-0.39, 0.29) is 16.7 Å². The van der Waals surface area contributed by atoms with Crippen molar-refractivity contribution >= 4 is 22.1 Å². The molecule has 0 atom stereocenters. The van der Waals surface area contributed by atoms with Crippen LogP contribution in [0.2, 0.25) is 0 Å². The van der Waals surface area contributed by atoms with Crippen molar-refractivity contribution in [2.75, 3.05) is 13.1 Å². The summed E-state index contributed by atoms with van der Waals surface area (Å²) < 4.78 is 26.8. The van der Waals surface area contributed by atoms with Crippen LogP contribution in [0, 0.1) is 12.8 Å². The molecular formula is C19H22N4O3S. The molecule has 8 heteroatoms. The Morgan fingerprint density at radius 3 is 2.52 bits per heavy atom. The minimum Gasteiger partial charge on any atom is -0.273 e. The zero-order valence-electron chi connectivity index (χ0n) is 15.1. The maximum absolute atomic E-state index is 12.7. The van der Waals surface area contributed by atoms with Crippen molar-refractivity contribution in [3.05, 3.63) is 59.9 Å². The van der Waals surface area contributed by atoms with Crippen molar-refractivity contribution in [2.24, 2.45) is 11.0 Å². The van der Waals surface area contributed by atoms with Gasteiger partial charge in [-0.1, -0.05) is 23.8 Å². The molecule has 2 heterocycles. The average Bonchev–Trinajstić information content (AvgIpc) is 2.69. The second-order valence-corrected chi connectivity index (χ2v) is 8.42. The van der Waals surface area contributed by atoms with E-state index in [0.29, 0.717) is 31.6 Å². The molecule has 1 aliphatic heterocycles. The fourth-order valence-corrected chi connectivity index (χ4v) is 4.39. The lowest BCUT2D eigenvalue weighted by atomic mass is 9.98. The van der Waals surface area contributed by atoms with Crippen LogP contribution in [0.1, 0.15) is 24.1 Å². The number of hydrogen-bond acceptors (Lipinski definition) is 5. The highest BCUT2D eigenvalue weighted by Gasteiger charge is 2.31. The summed E-state index contributed by atoms with van der Waals surface area (Å²) in [6, 6.07) is 12.2. The second-order valence-electron chi connectivity index (χ2n) is 6.48. The van der Waals surface area contributed by atoms with Gasteiger partial charge in [-0.15, -0.1) is 0 Å². The van der Waals surface area contributed by atoms with Crippen molar-refractivity contribution in [2.45, 2.75) is 24.7 Å². The van der Waals surface area contributed by atoms with E-state index in [1.807, 2.05) is 13.0 Å². The van der Waals surface area contributed by atoms with E-state index >= 15 is 0 Å². The summed E-state index contributed by atoms with van der Waals surface area (Å²) in [5.41, 5.74) is 4.17. The van der Waals surface area contributed by atoms with Crippen LogP contribution in [0.15, 0.2) is 58.7 Å². The SMILES string of the molecule is Cc1ccc(S(=O)(=O)N2CCC(C(=O)NN=Cc3ccccn3)CC2)cc1. The van der Waals surface area contributed by atoms with E-state index in [1.165, 1.54) is 10.5 Å². The lowest BCUT2D eigenvalue weighted by molar-refractivity contribution is -0.126. The van der Waals surface area contributed by atoms with Crippen LogP contribution in [-0.4, -0.2) is 42.9 Å². The molecule has 1 aromatic heterocycles. The number of carbonyl (C=O) groups excluding carboxylic acids is 1. The molecule has 1 fully saturated rings. The van der Waals surface area contributed by atoms with Crippen LogP contribution in [0.3, 0.4) is 0 Å². The molecule has 1 aromatic carbocycles. The highest BCUT2D eigenvalue weighted by Crippen LogP contribution is 2.24. The number of hydrazone groups is 1. The van der Waals surface area contributed by atoms with Crippen molar-refractivity contribution < 1.29 is 13.2 Å². The van der Waals surface area contributed by atoms with E-state index in [2.05, 4.69) is 15.5 Å². The quantitative estimate of drug-likeness (QED) is 0.628. The molecule has 0 bridgehead atoms. The van der Waals surface area contributed by atoms with Crippen molar-refractivity contribution in [3.63, 3.8) is 0 Å².